The van der Waals surface area contributed by atoms with Gasteiger partial charge in [-0.15, -0.1) is 0 Å². The van der Waals surface area contributed by atoms with Crippen molar-refractivity contribution in [3.63, 3.8) is 0 Å². The number of hydrogen-bond acceptors (Lipinski definition) is 4. The monoisotopic (exact) mass is 270 g/mol. The molecule has 0 amide bonds. The van der Waals surface area contributed by atoms with Crippen molar-refractivity contribution in [3.05, 3.63) is 0 Å². The van der Waals surface area contributed by atoms with Gasteiger partial charge in [-0.05, 0) is 43.9 Å². The summed E-state index contributed by atoms with van der Waals surface area (Å²) in [6, 6.07) is 0. The van der Waals surface area contributed by atoms with E-state index in [1.807, 2.05) is 6.92 Å². The van der Waals surface area contributed by atoms with Crippen LogP contribution >= 0.6 is 0 Å². The summed E-state index contributed by atoms with van der Waals surface area (Å²) in [5.41, 5.74) is 0. The summed E-state index contributed by atoms with van der Waals surface area (Å²) < 4.78 is 12.1. The lowest BCUT2D eigenvalue weighted by Crippen LogP contribution is -2.47. The molecule has 19 heavy (non-hydrogen) atoms. The minimum Gasteiger partial charge on any atom is -0.352 e. The van der Waals surface area contributed by atoms with Crippen molar-refractivity contribution in [1.29, 1.82) is 0 Å². The van der Waals surface area contributed by atoms with Crippen LogP contribution in [0, 0.1) is 23.7 Å². The van der Waals surface area contributed by atoms with Gasteiger partial charge in [-0.3, -0.25) is 0 Å². The van der Waals surface area contributed by atoms with E-state index >= 15 is 0 Å². The average molecular weight is 270 g/mol. The Hall–Kier alpha value is -0.160. The summed E-state index contributed by atoms with van der Waals surface area (Å²) >= 11 is 0. The zero-order valence-corrected chi connectivity index (χ0v) is 12.3. The Bertz CT molecular complexity index is 321. The molecule has 0 aromatic carbocycles. The molecule has 0 aromatic rings. The first-order valence-corrected chi connectivity index (χ1v) is 7.64. The Morgan fingerprint density at radius 1 is 1.16 bits per heavy atom. The fourth-order valence-electron chi connectivity index (χ4n) is 4.38. The second-order valence-corrected chi connectivity index (χ2v) is 6.62. The number of rotatable bonds is 2. The lowest BCUT2D eigenvalue weighted by molar-refractivity contribution is -0.440. The molecular weight excluding hydrogens is 244 g/mol. The van der Waals surface area contributed by atoms with E-state index in [9.17, 15) is 0 Å². The van der Waals surface area contributed by atoms with E-state index in [1.165, 1.54) is 19.3 Å². The summed E-state index contributed by atoms with van der Waals surface area (Å²) in [4.78, 5) is 10.3. The fourth-order valence-corrected chi connectivity index (χ4v) is 4.38. The molecule has 4 heteroatoms. The van der Waals surface area contributed by atoms with Crippen molar-refractivity contribution in [1.82, 2.24) is 0 Å². The molecule has 0 radical (unpaired) electrons. The first-order valence-electron chi connectivity index (χ1n) is 7.64. The van der Waals surface area contributed by atoms with Gasteiger partial charge in [0.25, 0.3) is 0 Å². The molecule has 110 valence electrons. The molecule has 2 saturated heterocycles. The van der Waals surface area contributed by atoms with E-state index in [0.717, 1.165) is 31.3 Å². The molecule has 3 fully saturated rings. The van der Waals surface area contributed by atoms with E-state index in [0.29, 0.717) is 11.8 Å². The summed E-state index contributed by atoms with van der Waals surface area (Å²) in [5.74, 6) is 2.10. The second-order valence-electron chi connectivity index (χ2n) is 6.62. The molecule has 3 rings (SSSR count). The van der Waals surface area contributed by atoms with Crippen LogP contribution in [0.25, 0.3) is 0 Å². The van der Waals surface area contributed by atoms with Crippen molar-refractivity contribution in [3.8, 4) is 0 Å². The fraction of sp³-hybridized carbons (Fsp3) is 1.00. The van der Waals surface area contributed by atoms with Gasteiger partial charge in [0, 0.05) is 12.3 Å². The maximum absolute atomic E-state index is 6.16. The molecule has 2 unspecified atom stereocenters. The molecule has 6 atom stereocenters. The summed E-state index contributed by atoms with van der Waals surface area (Å²) in [6.07, 6.45) is 5.76. The maximum atomic E-state index is 6.16. The van der Waals surface area contributed by atoms with Crippen LogP contribution in [-0.2, 0) is 19.2 Å². The first-order chi connectivity index (χ1) is 9.13. The van der Waals surface area contributed by atoms with E-state index in [4.69, 9.17) is 19.2 Å². The maximum Gasteiger partial charge on any atom is 0.201 e. The lowest BCUT2D eigenvalue weighted by Gasteiger charge is -2.47. The second kappa shape index (κ2) is 5.32. The highest BCUT2D eigenvalue weighted by molar-refractivity contribution is 4.92. The summed E-state index contributed by atoms with van der Waals surface area (Å²) in [5, 5.41) is 0. The van der Waals surface area contributed by atoms with Crippen molar-refractivity contribution < 1.29 is 19.2 Å². The van der Waals surface area contributed by atoms with Crippen molar-refractivity contribution in [2.75, 3.05) is 13.7 Å². The van der Waals surface area contributed by atoms with Crippen molar-refractivity contribution >= 4 is 0 Å². The topological polar surface area (TPSA) is 36.9 Å². The predicted octanol–water partition coefficient (Wildman–Crippen LogP) is 3.12. The third kappa shape index (κ3) is 2.56. The molecule has 1 aliphatic carbocycles. The lowest BCUT2D eigenvalue weighted by atomic mass is 9.64. The normalized spacial score (nSPS) is 50.4. The molecule has 1 saturated carbocycles. The third-order valence-electron chi connectivity index (χ3n) is 5.40. The van der Waals surface area contributed by atoms with E-state index in [-0.39, 0.29) is 6.29 Å². The molecular formula is C15H26O4. The van der Waals surface area contributed by atoms with Gasteiger partial charge in [-0.25, -0.2) is 9.78 Å². The van der Waals surface area contributed by atoms with Crippen molar-refractivity contribution in [2.45, 2.75) is 58.0 Å². The van der Waals surface area contributed by atoms with Gasteiger partial charge in [0.15, 0.2) is 6.29 Å². The Labute approximate surface area is 115 Å². The van der Waals surface area contributed by atoms with E-state index in [1.54, 1.807) is 7.11 Å². The summed E-state index contributed by atoms with van der Waals surface area (Å²) in [6.45, 7) is 5.16. The van der Waals surface area contributed by atoms with Crippen molar-refractivity contribution in [2.24, 2.45) is 23.7 Å². The van der Waals surface area contributed by atoms with Gasteiger partial charge in [0.05, 0.1) is 13.7 Å². The van der Waals surface area contributed by atoms with Gasteiger partial charge in [0.1, 0.15) is 0 Å². The minimum absolute atomic E-state index is 0.117. The van der Waals surface area contributed by atoms with Crippen LogP contribution < -0.4 is 0 Å². The molecule has 2 heterocycles. The first kappa shape index (κ1) is 13.8. The van der Waals surface area contributed by atoms with Crippen LogP contribution in [-0.4, -0.2) is 25.8 Å². The minimum atomic E-state index is -0.668. The van der Waals surface area contributed by atoms with Gasteiger partial charge in [0.2, 0.25) is 5.79 Å². The van der Waals surface area contributed by atoms with Crippen LogP contribution in [0.5, 0.6) is 0 Å². The van der Waals surface area contributed by atoms with Gasteiger partial charge >= 0.3 is 0 Å². The Morgan fingerprint density at radius 3 is 2.79 bits per heavy atom. The highest BCUT2D eigenvalue weighted by Gasteiger charge is 2.50. The predicted molar refractivity (Wildman–Crippen MR) is 70.0 cm³/mol. The van der Waals surface area contributed by atoms with Gasteiger partial charge in [-0.1, -0.05) is 13.3 Å². The van der Waals surface area contributed by atoms with Gasteiger partial charge in [-0.2, -0.15) is 0 Å². The Morgan fingerprint density at radius 2 is 2.00 bits per heavy atom. The molecule has 3 aliphatic rings. The molecule has 4 nitrogen and oxygen atoms in total. The van der Waals surface area contributed by atoms with Crippen LogP contribution in [0.3, 0.4) is 0 Å². The molecule has 0 N–H and O–H groups in total. The molecule has 0 aromatic heterocycles. The zero-order chi connectivity index (χ0) is 13.5. The highest BCUT2D eigenvalue weighted by Crippen LogP contribution is 2.50. The molecule has 2 aliphatic heterocycles. The molecule has 0 spiro atoms. The van der Waals surface area contributed by atoms with Crippen LogP contribution in [0.1, 0.15) is 46.0 Å². The van der Waals surface area contributed by atoms with E-state index in [2.05, 4.69) is 6.92 Å². The third-order valence-corrected chi connectivity index (χ3v) is 5.40. The highest BCUT2D eigenvalue weighted by atomic mass is 17.2. The Kier molecular flexibility index (Phi) is 3.87. The Balaban J connectivity index is 1.84. The largest absolute Gasteiger partial charge is 0.352 e. The zero-order valence-electron chi connectivity index (χ0n) is 12.3. The number of hydrogen-bond donors (Lipinski definition) is 0. The van der Waals surface area contributed by atoms with Crippen LogP contribution in [0.2, 0.25) is 0 Å². The SMILES string of the molecule is COO[C@]1(C)CC[C@@H]2C3C(CCO[C@@H]3O1)CC[C@H]2C. The van der Waals surface area contributed by atoms with Crippen LogP contribution in [0.15, 0.2) is 0 Å². The van der Waals surface area contributed by atoms with E-state index < -0.39 is 5.79 Å². The average Bonchev–Trinajstić information content (AvgIpc) is 2.52. The standard InChI is InChI=1S/C15H26O4/c1-10-4-5-11-7-9-17-14-13(11)12(10)6-8-15(2,18-14)19-16-3/h10-14H,4-9H2,1-3H3/t10-,11?,12+,13?,14-,15-/m1/s1. The molecule has 0 bridgehead atoms. The van der Waals surface area contributed by atoms with Gasteiger partial charge < -0.3 is 9.47 Å². The van der Waals surface area contributed by atoms with Crippen LogP contribution in [0.4, 0.5) is 0 Å². The summed E-state index contributed by atoms with van der Waals surface area (Å²) in [7, 11) is 1.54. The quantitative estimate of drug-likeness (QED) is 0.570. The number of ether oxygens (including phenoxy) is 2. The smallest absolute Gasteiger partial charge is 0.201 e.